The van der Waals surface area contributed by atoms with Gasteiger partial charge in [0.05, 0.1) is 16.8 Å². The summed E-state index contributed by atoms with van der Waals surface area (Å²) in [6.45, 7) is 8.07. The van der Waals surface area contributed by atoms with Crippen molar-refractivity contribution in [1.29, 1.82) is 0 Å². The Kier molecular flexibility index (Phi) is 8.02. The van der Waals surface area contributed by atoms with Gasteiger partial charge >= 0.3 is 0 Å². The van der Waals surface area contributed by atoms with Crippen molar-refractivity contribution in [2.45, 2.75) is 20.8 Å². The highest BCUT2D eigenvalue weighted by atomic mass is 35.5. The van der Waals surface area contributed by atoms with E-state index in [-0.39, 0.29) is 18.3 Å². The lowest BCUT2D eigenvalue weighted by Crippen LogP contribution is -2.36. The van der Waals surface area contributed by atoms with Crippen molar-refractivity contribution < 1.29 is 9.53 Å². The fourth-order valence-electron chi connectivity index (χ4n) is 2.88. The number of nitrogens with zero attached hydrogens (tertiary/aromatic N) is 3. The molecule has 1 amide bonds. The highest BCUT2D eigenvalue weighted by Crippen LogP contribution is 2.31. The zero-order chi connectivity index (χ0) is 20.3. The van der Waals surface area contributed by atoms with Crippen molar-refractivity contribution in [2.75, 3.05) is 38.7 Å². The number of aryl methyl sites for hydroxylation is 2. The van der Waals surface area contributed by atoms with Crippen LogP contribution in [-0.2, 0) is 0 Å². The summed E-state index contributed by atoms with van der Waals surface area (Å²) in [5, 5.41) is 0.737. The number of hydrogen-bond donors (Lipinski definition) is 0. The molecule has 0 aliphatic carbocycles. The Morgan fingerprint density at radius 1 is 1.07 bits per heavy atom. The molecule has 7 heteroatoms. The predicted octanol–water partition coefficient (Wildman–Crippen LogP) is 4.94. The smallest absolute Gasteiger partial charge is 0.260 e. The minimum atomic E-state index is -0.0441. The van der Waals surface area contributed by atoms with Gasteiger partial charge in [0.1, 0.15) is 5.75 Å². The lowest BCUT2D eigenvalue weighted by Gasteiger charge is -2.22. The van der Waals surface area contributed by atoms with E-state index in [1.165, 1.54) is 11.1 Å². The van der Waals surface area contributed by atoms with Crippen molar-refractivity contribution in [1.82, 2.24) is 9.88 Å². The number of carbonyl (C=O) groups is 1. The van der Waals surface area contributed by atoms with Gasteiger partial charge in [-0.05, 0) is 82.4 Å². The number of carbonyl (C=O) groups excluding carboxylic acids is 1. The lowest BCUT2D eigenvalue weighted by molar-refractivity contribution is 0.0985. The Labute approximate surface area is 182 Å². The number of rotatable bonds is 7. The van der Waals surface area contributed by atoms with Crippen LogP contribution in [0.2, 0.25) is 0 Å². The third-order valence-electron chi connectivity index (χ3n) is 4.65. The molecular weight excluding hydrogens is 406 g/mol. The van der Waals surface area contributed by atoms with Crippen LogP contribution >= 0.6 is 23.7 Å². The predicted molar refractivity (Wildman–Crippen MR) is 124 cm³/mol. The number of aromatic nitrogens is 1. The molecule has 0 bridgehead atoms. The normalized spacial score (nSPS) is 10.8. The molecule has 1 heterocycles. The average molecular weight is 434 g/mol. The lowest BCUT2D eigenvalue weighted by atomic mass is 10.1. The summed E-state index contributed by atoms with van der Waals surface area (Å²) < 4.78 is 6.59. The summed E-state index contributed by atoms with van der Waals surface area (Å²) in [5.74, 6) is 0.724. The van der Waals surface area contributed by atoms with Gasteiger partial charge in [0, 0.05) is 18.7 Å². The number of fused-ring (bicyclic) bond motifs is 1. The molecule has 0 fully saturated rings. The number of likely N-dealkylation sites (N-methyl/N-ethyl adjacent to an activating group) is 1. The van der Waals surface area contributed by atoms with Gasteiger partial charge in [-0.25, -0.2) is 4.98 Å². The van der Waals surface area contributed by atoms with Crippen LogP contribution in [0, 0.1) is 13.8 Å². The van der Waals surface area contributed by atoms with Crippen molar-refractivity contribution in [3.05, 3.63) is 53.1 Å². The highest BCUT2D eigenvalue weighted by molar-refractivity contribution is 7.22. The Balaban J connectivity index is 0.00000300. The zero-order valence-electron chi connectivity index (χ0n) is 17.6. The van der Waals surface area contributed by atoms with Gasteiger partial charge in [0.15, 0.2) is 5.13 Å². The van der Waals surface area contributed by atoms with Gasteiger partial charge in [0.2, 0.25) is 0 Å². The standard InChI is InChI=1S/C22H27N3O2S.ClH/c1-6-27-18-9-7-17(8-10-18)21(26)25(12-11-24(4)5)22-23-19-13-15(2)16(3)14-20(19)28-22;/h7-10,13-14H,6,11-12H2,1-5H3;1H. The molecule has 0 aliphatic rings. The molecule has 2 aromatic carbocycles. The third-order valence-corrected chi connectivity index (χ3v) is 5.69. The second-order valence-corrected chi connectivity index (χ2v) is 8.13. The Hall–Kier alpha value is -2.15. The summed E-state index contributed by atoms with van der Waals surface area (Å²) in [5.41, 5.74) is 4.02. The number of anilines is 1. The molecule has 0 aliphatic heterocycles. The van der Waals surface area contributed by atoms with Gasteiger partial charge in [-0.3, -0.25) is 9.69 Å². The average Bonchev–Trinajstić information content (AvgIpc) is 3.05. The molecule has 0 saturated carbocycles. The first kappa shape index (κ1) is 23.1. The minimum Gasteiger partial charge on any atom is -0.494 e. The molecule has 3 aromatic rings. The molecule has 3 rings (SSSR count). The minimum absolute atomic E-state index is 0. The van der Waals surface area contributed by atoms with Crippen LogP contribution in [0.4, 0.5) is 5.13 Å². The largest absolute Gasteiger partial charge is 0.494 e. The van der Waals surface area contributed by atoms with Gasteiger partial charge in [-0.1, -0.05) is 11.3 Å². The Bertz CT molecular complexity index is 931. The second kappa shape index (κ2) is 10.1. The first-order valence-electron chi connectivity index (χ1n) is 9.46. The number of amides is 1. The Morgan fingerprint density at radius 2 is 1.72 bits per heavy atom. The fraction of sp³-hybridized carbons (Fsp3) is 0.364. The molecule has 5 nitrogen and oxygen atoms in total. The maximum atomic E-state index is 13.3. The number of benzene rings is 2. The van der Waals surface area contributed by atoms with Gasteiger partial charge in [-0.2, -0.15) is 0 Å². The van der Waals surface area contributed by atoms with E-state index in [0.717, 1.165) is 27.6 Å². The number of ether oxygens (including phenoxy) is 1. The summed E-state index contributed by atoms with van der Waals surface area (Å²) in [6.07, 6.45) is 0. The first-order valence-corrected chi connectivity index (χ1v) is 10.3. The molecule has 29 heavy (non-hydrogen) atoms. The quantitative estimate of drug-likeness (QED) is 0.529. The van der Waals surface area contributed by atoms with E-state index in [4.69, 9.17) is 9.72 Å². The molecule has 0 radical (unpaired) electrons. The van der Waals surface area contributed by atoms with Crippen molar-refractivity contribution >= 4 is 45.0 Å². The highest BCUT2D eigenvalue weighted by Gasteiger charge is 2.21. The fourth-order valence-corrected chi connectivity index (χ4v) is 3.95. The summed E-state index contributed by atoms with van der Waals surface area (Å²) in [6, 6.07) is 11.6. The monoisotopic (exact) mass is 433 g/mol. The van der Waals surface area contributed by atoms with Crippen molar-refractivity contribution in [3.8, 4) is 5.75 Å². The zero-order valence-corrected chi connectivity index (χ0v) is 19.2. The van der Waals surface area contributed by atoms with Gasteiger partial charge < -0.3 is 9.64 Å². The number of halogens is 1. The van der Waals surface area contributed by atoms with Crippen molar-refractivity contribution in [2.24, 2.45) is 0 Å². The molecule has 0 atom stereocenters. The number of hydrogen-bond acceptors (Lipinski definition) is 5. The van der Waals surface area contributed by atoms with Crippen molar-refractivity contribution in [3.63, 3.8) is 0 Å². The van der Waals surface area contributed by atoms with E-state index in [9.17, 15) is 4.79 Å². The van der Waals surface area contributed by atoms with Crippen LogP contribution in [0.5, 0.6) is 5.75 Å². The number of thiazole rings is 1. The summed E-state index contributed by atoms with van der Waals surface area (Å²) in [4.78, 5) is 21.9. The first-order chi connectivity index (χ1) is 13.4. The summed E-state index contributed by atoms with van der Waals surface area (Å²) in [7, 11) is 4.01. The van der Waals surface area contributed by atoms with Crippen LogP contribution in [0.15, 0.2) is 36.4 Å². The van der Waals surface area contributed by atoms with E-state index in [2.05, 4.69) is 30.9 Å². The molecule has 0 N–H and O–H groups in total. The van der Waals surface area contributed by atoms with Crippen LogP contribution in [0.25, 0.3) is 10.2 Å². The van der Waals surface area contributed by atoms with E-state index >= 15 is 0 Å². The maximum Gasteiger partial charge on any atom is 0.260 e. The molecule has 1 aromatic heterocycles. The van der Waals surface area contributed by atoms with E-state index in [1.807, 2.05) is 45.3 Å². The third kappa shape index (κ3) is 5.47. The molecule has 0 spiro atoms. The molecule has 0 unspecified atom stereocenters. The van der Waals surface area contributed by atoms with Crippen LogP contribution in [0.3, 0.4) is 0 Å². The molecule has 156 valence electrons. The van der Waals surface area contributed by atoms with Crippen LogP contribution in [0.1, 0.15) is 28.4 Å². The SMILES string of the molecule is CCOc1ccc(C(=O)N(CCN(C)C)c2nc3cc(C)c(C)cc3s2)cc1.Cl. The molecular formula is C22H28ClN3O2S. The van der Waals surface area contributed by atoms with Gasteiger partial charge in [0.25, 0.3) is 5.91 Å². The van der Waals surface area contributed by atoms with Gasteiger partial charge in [-0.15, -0.1) is 12.4 Å². The van der Waals surface area contributed by atoms with Crippen LogP contribution < -0.4 is 9.64 Å². The second-order valence-electron chi connectivity index (χ2n) is 7.12. The van der Waals surface area contributed by atoms with E-state index < -0.39 is 0 Å². The topological polar surface area (TPSA) is 45.7 Å². The van der Waals surface area contributed by atoms with Crippen LogP contribution in [-0.4, -0.2) is 49.6 Å². The maximum absolute atomic E-state index is 13.3. The van der Waals surface area contributed by atoms with E-state index in [0.29, 0.717) is 18.7 Å². The van der Waals surface area contributed by atoms with E-state index in [1.54, 1.807) is 16.2 Å². The Morgan fingerprint density at radius 3 is 2.34 bits per heavy atom. The summed E-state index contributed by atoms with van der Waals surface area (Å²) >= 11 is 1.56. The molecule has 0 saturated heterocycles.